The topological polar surface area (TPSA) is 52.8 Å². The number of likely N-dealkylation sites (tertiary alicyclic amines) is 1. The molecule has 1 atom stereocenters. The van der Waals surface area contributed by atoms with Crippen molar-refractivity contribution in [1.29, 1.82) is 0 Å². The lowest BCUT2D eigenvalue weighted by Crippen LogP contribution is -2.56. The first-order chi connectivity index (χ1) is 11.2. The molecule has 0 spiro atoms. The second kappa shape index (κ2) is 12.0. The fourth-order valence-electron chi connectivity index (χ4n) is 3.87. The van der Waals surface area contributed by atoms with Crippen molar-refractivity contribution in [2.75, 3.05) is 46.3 Å². The van der Waals surface area contributed by atoms with E-state index in [0.717, 1.165) is 19.6 Å². The molecule has 1 unspecified atom stereocenters. The fraction of sp³-hybridized carbons (Fsp3) is 0.611. The lowest BCUT2D eigenvalue weighted by Gasteiger charge is -2.46. The number of carbonyl (C=O) groups excluding carboxylic acids is 1. The van der Waals surface area contributed by atoms with Crippen LogP contribution in [0.25, 0.3) is 0 Å². The van der Waals surface area contributed by atoms with Crippen LogP contribution in [0, 0.1) is 0 Å². The van der Waals surface area contributed by atoms with E-state index in [0.29, 0.717) is 6.04 Å². The Morgan fingerprint density at radius 2 is 1.65 bits per heavy atom. The largest absolute Gasteiger partial charge is 0.332 e. The summed E-state index contributed by atoms with van der Waals surface area (Å²) in [5.74, 6) is 0.0573. The Morgan fingerprint density at radius 3 is 2.23 bits per heavy atom. The standard InChI is InChI=1S/C18H28N4O.3ClH/c1-20-9-7-16(8-10-20)21-11-12-22(18(23)13-19)17(14-21)15-5-3-2-4-6-15;;;/h2-6,16-17H,7-14,19H2,1H3;3*1H. The second-order valence-corrected chi connectivity index (χ2v) is 6.75. The highest BCUT2D eigenvalue weighted by Gasteiger charge is 2.34. The van der Waals surface area contributed by atoms with E-state index < -0.39 is 0 Å². The number of carbonyl (C=O) groups is 1. The minimum Gasteiger partial charge on any atom is -0.332 e. The van der Waals surface area contributed by atoms with Gasteiger partial charge in [-0.25, -0.2) is 0 Å². The van der Waals surface area contributed by atoms with Gasteiger partial charge in [-0.15, -0.1) is 37.2 Å². The summed E-state index contributed by atoms with van der Waals surface area (Å²) in [6.45, 7) is 5.10. The van der Waals surface area contributed by atoms with E-state index in [1.54, 1.807) is 0 Å². The van der Waals surface area contributed by atoms with Crippen LogP contribution in [0.2, 0.25) is 0 Å². The monoisotopic (exact) mass is 424 g/mol. The SMILES string of the molecule is CN1CCC(N2CCN(C(=O)CN)C(c3ccccc3)C2)CC1.Cl.Cl.Cl. The highest BCUT2D eigenvalue weighted by molar-refractivity contribution is 5.86. The van der Waals surface area contributed by atoms with E-state index in [4.69, 9.17) is 5.73 Å². The predicted octanol–water partition coefficient (Wildman–Crippen LogP) is 2.19. The Kier molecular flexibility index (Phi) is 11.7. The number of piperidine rings is 1. The summed E-state index contributed by atoms with van der Waals surface area (Å²) in [4.78, 5) is 19.2. The smallest absolute Gasteiger partial charge is 0.236 e. The molecule has 0 radical (unpaired) electrons. The van der Waals surface area contributed by atoms with Crippen LogP contribution >= 0.6 is 37.2 Å². The van der Waals surface area contributed by atoms with Gasteiger partial charge in [-0.3, -0.25) is 9.69 Å². The van der Waals surface area contributed by atoms with Crippen molar-refractivity contribution in [3.05, 3.63) is 35.9 Å². The van der Waals surface area contributed by atoms with Crippen molar-refractivity contribution in [2.24, 2.45) is 5.73 Å². The average molecular weight is 426 g/mol. The molecule has 5 nitrogen and oxygen atoms in total. The van der Waals surface area contributed by atoms with Crippen LogP contribution in [0.4, 0.5) is 0 Å². The molecule has 0 aromatic heterocycles. The molecule has 2 fully saturated rings. The number of hydrogen-bond acceptors (Lipinski definition) is 4. The van der Waals surface area contributed by atoms with E-state index >= 15 is 0 Å². The molecule has 8 heteroatoms. The zero-order valence-electron chi connectivity index (χ0n) is 15.3. The number of halogens is 3. The predicted molar refractivity (Wildman–Crippen MR) is 114 cm³/mol. The van der Waals surface area contributed by atoms with Crippen LogP contribution in [0.15, 0.2) is 30.3 Å². The lowest BCUT2D eigenvalue weighted by atomic mass is 9.97. The maximum Gasteiger partial charge on any atom is 0.236 e. The minimum absolute atomic E-state index is 0. The van der Waals surface area contributed by atoms with Crippen molar-refractivity contribution < 1.29 is 4.79 Å². The van der Waals surface area contributed by atoms with Gasteiger partial charge < -0.3 is 15.5 Å². The molecule has 26 heavy (non-hydrogen) atoms. The molecule has 2 heterocycles. The van der Waals surface area contributed by atoms with Crippen molar-refractivity contribution in [2.45, 2.75) is 24.9 Å². The summed E-state index contributed by atoms with van der Waals surface area (Å²) in [6, 6.07) is 11.1. The molecule has 2 N–H and O–H groups in total. The fourth-order valence-corrected chi connectivity index (χ4v) is 3.87. The van der Waals surface area contributed by atoms with Gasteiger partial charge in [0.15, 0.2) is 0 Å². The first kappa shape index (κ1) is 25.4. The van der Waals surface area contributed by atoms with E-state index in [2.05, 4.69) is 41.1 Å². The van der Waals surface area contributed by atoms with Crippen molar-refractivity contribution >= 4 is 43.1 Å². The van der Waals surface area contributed by atoms with Gasteiger partial charge in [-0.1, -0.05) is 30.3 Å². The van der Waals surface area contributed by atoms with Gasteiger partial charge in [-0.05, 0) is 38.5 Å². The molecule has 150 valence electrons. The van der Waals surface area contributed by atoms with Crippen LogP contribution in [-0.4, -0.2) is 73.0 Å². The number of amides is 1. The van der Waals surface area contributed by atoms with Gasteiger partial charge in [-0.2, -0.15) is 0 Å². The summed E-state index contributed by atoms with van der Waals surface area (Å²) < 4.78 is 0. The number of benzene rings is 1. The van der Waals surface area contributed by atoms with E-state index in [9.17, 15) is 4.79 Å². The molecule has 2 saturated heterocycles. The first-order valence-electron chi connectivity index (χ1n) is 8.66. The highest BCUT2D eigenvalue weighted by atomic mass is 35.5. The van der Waals surface area contributed by atoms with Crippen molar-refractivity contribution in [1.82, 2.24) is 14.7 Å². The molecule has 1 aromatic rings. The molecule has 1 amide bonds. The third-order valence-electron chi connectivity index (χ3n) is 5.30. The molecule has 0 bridgehead atoms. The molecule has 0 saturated carbocycles. The third-order valence-corrected chi connectivity index (χ3v) is 5.30. The summed E-state index contributed by atoms with van der Waals surface area (Å²) in [5.41, 5.74) is 6.84. The van der Waals surface area contributed by atoms with E-state index in [1.807, 2.05) is 11.0 Å². The van der Waals surface area contributed by atoms with E-state index in [1.165, 1.54) is 31.5 Å². The summed E-state index contributed by atoms with van der Waals surface area (Å²) >= 11 is 0. The van der Waals surface area contributed by atoms with Gasteiger partial charge in [0, 0.05) is 25.7 Å². The maximum absolute atomic E-state index is 12.3. The van der Waals surface area contributed by atoms with Gasteiger partial charge in [0.05, 0.1) is 12.6 Å². The zero-order valence-corrected chi connectivity index (χ0v) is 17.7. The quantitative estimate of drug-likeness (QED) is 0.806. The van der Waals surface area contributed by atoms with Gasteiger partial charge in [0.25, 0.3) is 0 Å². The average Bonchev–Trinajstić information content (AvgIpc) is 2.62. The van der Waals surface area contributed by atoms with Gasteiger partial charge in [0.2, 0.25) is 5.91 Å². The molecular weight excluding hydrogens is 395 g/mol. The number of piperazine rings is 1. The molecule has 2 aliphatic heterocycles. The Bertz CT molecular complexity index is 526. The zero-order chi connectivity index (χ0) is 16.2. The second-order valence-electron chi connectivity index (χ2n) is 6.75. The number of hydrogen-bond donors (Lipinski definition) is 1. The molecular formula is C18H31Cl3N4O. The van der Waals surface area contributed by atoms with Crippen LogP contribution in [0.3, 0.4) is 0 Å². The van der Waals surface area contributed by atoms with Crippen LogP contribution in [-0.2, 0) is 4.79 Å². The van der Waals surface area contributed by atoms with Gasteiger partial charge >= 0.3 is 0 Å². The van der Waals surface area contributed by atoms with Crippen molar-refractivity contribution in [3.8, 4) is 0 Å². The Hall–Kier alpha value is -0.560. The maximum atomic E-state index is 12.3. The molecule has 3 rings (SSSR count). The number of nitrogens with zero attached hydrogens (tertiary/aromatic N) is 3. The van der Waals surface area contributed by atoms with E-state index in [-0.39, 0.29) is 55.7 Å². The molecule has 1 aromatic carbocycles. The molecule has 2 aliphatic rings. The molecule has 0 aliphatic carbocycles. The first-order valence-corrected chi connectivity index (χ1v) is 8.66. The van der Waals surface area contributed by atoms with Gasteiger partial charge in [0.1, 0.15) is 0 Å². The van der Waals surface area contributed by atoms with Crippen LogP contribution < -0.4 is 5.73 Å². The minimum atomic E-state index is 0. The number of rotatable bonds is 3. The van der Waals surface area contributed by atoms with Crippen molar-refractivity contribution in [3.63, 3.8) is 0 Å². The Balaban J connectivity index is 0.00000208. The summed E-state index contributed by atoms with van der Waals surface area (Å²) in [6.07, 6.45) is 2.45. The lowest BCUT2D eigenvalue weighted by molar-refractivity contribution is -0.135. The summed E-state index contributed by atoms with van der Waals surface area (Å²) in [7, 11) is 2.20. The highest BCUT2D eigenvalue weighted by Crippen LogP contribution is 2.28. The third kappa shape index (κ3) is 5.98. The summed E-state index contributed by atoms with van der Waals surface area (Å²) in [5, 5.41) is 0. The van der Waals surface area contributed by atoms with Crippen LogP contribution in [0.1, 0.15) is 24.4 Å². The number of nitrogens with two attached hydrogens (primary N) is 1. The normalized spacial score (nSPS) is 21.9. The Labute approximate surface area is 175 Å². The van der Waals surface area contributed by atoms with Crippen LogP contribution in [0.5, 0.6) is 0 Å². The Morgan fingerprint density at radius 1 is 1.04 bits per heavy atom.